The Bertz CT molecular complexity index is 282. The highest BCUT2D eigenvalue weighted by molar-refractivity contribution is 7.09. The standard InChI is InChI=1S/C7H11N3OS/c1-5-8-6(12-10-5)9-7(4-11)2-3-7/h11H,2-4H2,1H3,(H,8,9,10). The Hall–Kier alpha value is -0.680. The van der Waals surface area contributed by atoms with Crippen molar-refractivity contribution in [1.29, 1.82) is 0 Å². The Morgan fingerprint density at radius 2 is 2.42 bits per heavy atom. The van der Waals surface area contributed by atoms with Gasteiger partial charge in [-0.05, 0) is 19.8 Å². The van der Waals surface area contributed by atoms with E-state index < -0.39 is 0 Å². The number of rotatable bonds is 3. The van der Waals surface area contributed by atoms with Crippen LogP contribution in [-0.2, 0) is 0 Å². The van der Waals surface area contributed by atoms with Gasteiger partial charge in [0.2, 0.25) is 5.13 Å². The first kappa shape index (κ1) is 7.94. The number of aliphatic hydroxyl groups is 1. The molecular formula is C7H11N3OS. The molecule has 1 aliphatic carbocycles. The Balaban J connectivity index is 2.04. The Morgan fingerprint density at radius 3 is 2.83 bits per heavy atom. The van der Waals surface area contributed by atoms with E-state index >= 15 is 0 Å². The quantitative estimate of drug-likeness (QED) is 0.730. The maximum Gasteiger partial charge on any atom is 0.203 e. The lowest BCUT2D eigenvalue weighted by Gasteiger charge is -2.11. The number of hydrogen-bond acceptors (Lipinski definition) is 5. The minimum Gasteiger partial charge on any atom is -0.394 e. The number of aryl methyl sites for hydroxylation is 1. The molecule has 0 spiro atoms. The zero-order valence-electron chi connectivity index (χ0n) is 6.87. The van der Waals surface area contributed by atoms with E-state index in [9.17, 15) is 0 Å². The van der Waals surface area contributed by atoms with E-state index in [1.165, 1.54) is 11.5 Å². The first-order valence-electron chi connectivity index (χ1n) is 3.93. The summed E-state index contributed by atoms with van der Waals surface area (Å²) in [6.07, 6.45) is 2.06. The van der Waals surface area contributed by atoms with E-state index in [1.54, 1.807) is 0 Å². The first-order valence-corrected chi connectivity index (χ1v) is 4.71. The van der Waals surface area contributed by atoms with Crippen LogP contribution in [0.4, 0.5) is 5.13 Å². The summed E-state index contributed by atoms with van der Waals surface area (Å²) in [5, 5.41) is 13.0. The van der Waals surface area contributed by atoms with Gasteiger partial charge in [0.15, 0.2) is 0 Å². The fourth-order valence-corrected chi connectivity index (χ4v) is 1.74. The summed E-state index contributed by atoms with van der Waals surface area (Å²) in [6, 6.07) is 0. The molecule has 2 rings (SSSR count). The van der Waals surface area contributed by atoms with Crippen LogP contribution in [-0.4, -0.2) is 26.6 Å². The highest BCUT2D eigenvalue weighted by Crippen LogP contribution is 2.38. The second kappa shape index (κ2) is 2.67. The molecule has 4 nitrogen and oxygen atoms in total. The van der Waals surface area contributed by atoms with Crippen molar-refractivity contribution in [2.24, 2.45) is 0 Å². The number of nitrogens with zero attached hydrogens (tertiary/aromatic N) is 2. The van der Waals surface area contributed by atoms with Crippen molar-refractivity contribution in [2.45, 2.75) is 25.3 Å². The highest BCUT2D eigenvalue weighted by Gasteiger charge is 2.42. The smallest absolute Gasteiger partial charge is 0.203 e. The molecule has 12 heavy (non-hydrogen) atoms. The fraction of sp³-hybridized carbons (Fsp3) is 0.714. The molecule has 2 N–H and O–H groups in total. The fourth-order valence-electron chi connectivity index (χ4n) is 1.05. The molecule has 66 valence electrons. The largest absolute Gasteiger partial charge is 0.394 e. The van der Waals surface area contributed by atoms with Crippen LogP contribution < -0.4 is 5.32 Å². The lowest BCUT2D eigenvalue weighted by molar-refractivity contribution is 0.266. The van der Waals surface area contributed by atoms with Crippen molar-refractivity contribution in [3.05, 3.63) is 5.82 Å². The van der Waals surface area contributed by atoms with Crippen molar-refractivity contribution < 1.29 is 5.11 Å². The highest BCUT2D eigenvalue weighted by atomic mass is 32.1. The van der Waals surface area contributed by atoms with Crippen LogP contribution in [0.1, 0.15) is 18.7 Å². The third-order valence-corrected chi connectivity index (χ3v) is 2.78. The van der Waals surface area contributed by atoms with Crippen molar-refractivity contribution in [3.63, 3.8) is 0 Å². The predicted molar refractivity (Wildman–Crippen MR) is 47.3 cm³/mol. The van der Waals surface area contributed by atoms with Crippen LogP contribution in [0.2, 0.25) is 0 Å². The molecule has 0 radical (unpaired) electrons. The average Bonchev–Trinajstić information content (AvgIpc) is 2.71. The van der Waals surface area contributed by atoms with Gasteiger partial charge in [0.25, 0.3) is 0 Å². The lowest BCUT2D eigenvalue weighted by atomic mass is 10.3. The molecule has 0 atom stereocenters. The number of nitrogens with one attached hydrogen (secondary N) is 1. The lowest BCUT2D eigenvalue weighted by Crippen LogP contribution is -2.25. The number of hydrogen-bond donors (Lipinski definition) is 2. The Labute approximate surface area is 74.8 Å². The van der Waals surface area contributed by atoms with Gasteiger partial charge in [-0.15, -0.1) is 0 Å². The zero-order chi connectivity index (χ0) is 8.60. The molecule has 1 fully saturated rings. The second-order valence-corrected chi connectivity index (χ2v) is 3.96. The van der Waals surface area contributed by atoms with Crippen molar-refractivity contribution in [2.75, 3.05) is 11.9 Å². The van der Waals surface area contributed by atoms with Crippen molar-refractivity contribution in [3.8, 4) is 0 Å². The van der Waals surface area contributed by atoms with E-state index in [4.69, 9.17) is 5.11 Å². The molecule has 1 aliphatic rings. The normalized spacial score (nSPS) is 19.2. The van der Waals surface area contributed by atoms with Gasteiger partial charge >= 0.3 is 0 Å². The molecular weight excluding hydrogens is 174 g/mol. The van der Waals surface area contributed by atoms with Crippen LogP contribution in [0, 0.1) is 6.92 Å². The van der Waals surface area contributed by atoms with Gasteiger partial charge in [-0.1, -0.05) is 0 Å². The summed E-state index contributed by atoms with van der Waals surface area (Å²) in [5.74, 6) is 0.788. The molecule has 1 aromatic heterocycles. The SMILES string of the molecule is Cc1nsc(NC2(CO)CC2)n1. The minimum absolute atomic E-state index is 0.0774. The van der Waals surface area contributed by atoms with E-state index in [1.807, 2.05) is 6.92 Å². The van der Waals surface area contributed by atoms with Gasteiger partial charge in [-0.2, -0.15) is 4.37 Å². The van der Waals surface area contributed by atoms with Crippen LogP contribution >= 0.6 is 11.5 Å². The average molecular weight is 185 g/mol. The molecule has 0 unspecified atom stereocenters. The van der Waals surface area contributed by atoms with E-state index in [0.29, 0.717) is 0 Å². The second-order valence-electron chi connectivity index (χ2n) is 3.21. The van der Waals surface area contributed by atoms with Gasteiger partial charge in [-0.3, -0.25) is 0 Å². The molecule has 0 saturated heterocycles. The summed E-state index contributed by atoms with van der Waals surface area (Å²) in [6.45, 7) is 2.05. The van der Waals surface area contributed by atoms with Crippen LogP contribution in [0.25, 0.3) is 0 Å². The van der Waals surface area contributed by atoms with E-state index in [0.717, 1.165) is 23.8 Å². The van der Waals surface area contributed by atoms with E-state index in [2.05, 4.69) is 14.7 Å². The Morgan fingerprint density at radius 1 is 1.67 bits per heavy atom. The third kappa shape index (κ3) is 1.42. The third-order valence-electron chi connectivity index (χ3n) is 2.06. The molecule has 0 bridgehead atoms. The molecule has 1 aromatic rings. The molecule has 5 heteroatoms. The molecule has 1 saturated carbocycles. The zero-order valence-corrected chi connectivity index (χ0v) is 7.69. The predicted octanol–water partition coefficient (Wildman–Crippen LogP) is 0.783. The molecule has 0 amide bonds. The number of aromatic nitrogens is 2. The van der Waals surface area contributed by atoms with Crippen molar-refractivity contribution >= 4 is 16.7 Å². The first-order chi connectivity index (χ1) is 5.74. The summed E-state index contributed by atoms with van der Waals surface area (Å²) in [4.78, 5) is 4.17. The maximum atomic E-state index is 9.02. The summed E-state index contributed by atoms with van der Waals surface area (Å²) in [7, 11) is 0. The van der Waals surface area contributed by atoms with Gasteiger partial charge in [0.05, 0.1) is 12.1 Å². The van der Waals surface area contributed by atoms with Crippen molar-refractivity contribution in [1.82, 2.24) is 9.36 Å². The minimum atomic E-state index is -0.0774. The summed E-state index contributed by atoms with van der Waals surface area (Å²) < 4.78 is 4.05. The van der Waals surface area contributed by atoms with Crippen LogP contribution in [0.15, 0.2) is 0 Å². The summed E-state index contributed by atoms with van der Waals surface area (Å²) >= 11 is 1.35. The molecule has 1 heterocycles. The Kier molecular flexibility index (Phi) is 1.77. The maximum absolute atomic E-state index is 9.02. The summed E-state index contributed by atoms with van der Waals surface area (Å²) in [5.41, 5.74) is -0.0774. The van der Waals surface area contributed by atoms with Crippen LogP contribution in [0.3, 0.4) is 0 Å². The number of aliphatic hydroxyl groups excluding tert-OH is 1. The molecule has 0 aliphatic heterocycles. The van der Waals surface area contributed by atoms with Crippen LogP contribution in [0.5, 0.6) is 0 Å². The van der Waals surface area contributed by atoms with E-state index in [-0.39, 0.29) is 12.1 Å². The van der Waals surface area contributed by atoms with Gasteiger partial charge in [0, 0.05) is 11.5 Å². The number of anilines is 1. The van der Waals surface area contributed by atoms with Gasteiger partial charge in [0.1, 0.15) is 5.82 Å². The topological polar surface area (TPSA) is 58.0 Å². The monoisotopic (exact) mass is 185 g/mol. The van der Waals surface area contributed by atoms with Gasteiger partial charge in [-0.25, -0.2) is 4.98 Å². The molecule has 0 aromatic carbocycles. The van der Waals surface area contributed by atoms with Gasteiger partial charge < -0.3 is 10.4 Å².